The summed E-state index contributed by atoms with van der Waals surface area (Å²) in [5.41, 5.74) is 0.777. The fraction of sp³-hybridized carbons (Fsp3) is 0.235. The molecule has 0 saturated carbocycles. The van der Waals surface area contributed by atoms with Gasteiger partial charge in [0.25, 0.3) is 0 Å². The third-order valence-corrected chi connectivity index (χ3v) is 3.20. The van der Waals surface area contributed by atoms with Crippen LogP contribution in [0, 0.1) is 0 Å². The van der Waals surface area contributed by atoms with Gasteiger partial charge in [0.05, 0.1) is 0 Å². The van der Waals surface area contributed by atoms with E-state index in [-0.39, 0.29) is 5.91 Å². The van der Waals surface area contributed by atoms with Gasteiger partial charge in [0.1, 0.15) is 11.5 Å². The van der Waals surface area contributed by atoms with Crippen LogP contribution >= 0.6 is 11.6 Å². The molecule has 1 amide bonds. The van der Waals surface area contributed by atoms with E-state index in [1.165, 1.54) is 0 Å². The Kier molecular flexibility index (Phi) is 5.64. The molecule has 1 N–H and O–H groups in total. The van der Waals surface area contributed by atoms with Crippen molar-refractivity contribution in [1.29, 1.82) is 0 Å². The monoisotopic (exact) mass is 303 g/mol. The zero-order valence-electron chi connectivity index (χ0n) is 11.9. The number of unbranched alkanes of at least 4 members (excludes halogenated alkanes) is 1. The number of benzene rings is 2. The van der Waals surface area contributed by atoms with E-state index in [9.17, 15) is 4.79 Å². The van der Waals surface area contributed by atoms with Crippen LogP contribution in [0.15, 0.2) is 48.5 Å². The van der Waals surface area contributed by atoms with Crippen LogP contribution in [0.25, 0.3) is 0 Å². The Bertz CT molecular complexity index is 579. The summed E-state index contributed by atoms with van der Waals surface area (Å²) in [4.78, 5) is 11.6. The first-order valence-corrected chi connectivity index (χ1v) is 7.38. The summed E-state index contributed by atoms with van der Waals surface area (Å²) in [6.07, 6.45) is 2.48. The Morgan fingerprint density at radius 2 is 1.62 bits per heavy atom. The smallest absolute Gasteiger partial charge is 0.224 e. The lowest BCUT2D eigenvalue weighted by Crippen LogP contribution is -2.10. The highest BCUT2D eigenvalue weighted by molar-refractivity contribution is 6.30. The normalized spacial score (nSPS) is 10.2. The van der Waals surface area contributed by atoms with Gasteiger partial charge >= 0.3 is 0 Å². The first kappa shape index (κ1) is 15.4. The molecule has 0 aliphatic heterocycles. The maximum absolute atomic E-state index is 11.6. The fourth-order valence-electron chi connectivity index (χ4n) is 1.81. The zero-order chi connectivity index (χ0) is 15.1. The Hall–Kier alpha value is -2.00. The molecule has 0 aliphatic carbocycles. The number of nitrogens with one attached hydrogen (secondary N) is 1. The lowest BCUT2D eigenvalue weighted by Gasteiger charge is -2.08. The second-order valence-electron chi connectivity index (χ2n) is 4.73. The number of rotatable bonds is 6. The van der Waals surface area contributed by atoms with Crippen molar-refractivity contribution in [2.75, 3.05) is 5.32 Å². The minimum atomic E-state index is 0.0446. The predicted octanol–water partition coefficient (Wildman–Crippen LogP) is 5.26. The molecular formula is C17H18ClNO2. The van der Waals surface area contributed by atoms with E-state index >= 15 is 0 Å². The van der Waals surface area contributed by atoms with Gasteiger partial charge in [-0.2, -0.15) is 0 Å². The molecule has 3 nitrogen and oxygen atoms in total. The van der Waals surface area contributed by atoms with Gasteiger partial charge in [-0.1, -0.05) is 24.9 Å². The SMILES string of the molecule is CCCCC(=O)Nc1ccc(Oc2ccc(Cl)cc2)cc1. The van der Waals surface area contributed by atoms with Crippen molar-refractivity contribution in [2.24, 2.45) is 0 Å². The van der Waals surface area contributed by atoms with Gasteiger partial charge in [-0.15, -0.1) is 0 Å². The van der Waals surface area contributed by atoms with E-state index in [4.69, 9.17) is 16.3 Å². The summed E-state index contributed by atoms with van der Waals surface area (Å²) in [5, 5.41) is 3.54. The maximum Gasteiger partial charge on any atom is 0.224 e. The Morgan fingerprint density at radius 3 is 2.19 bits per heavy atom. The van der Waals surface area contributed by atoms with Gasteiger partial charge in [-0.25, -0.2) is 0 Å². The summed E-state index contributed by atoms with van der Waals surface area (Å²) in [5.74, 6) is 1.48. The standard InChI is InChI=1S/C17H18ClNO2/c1-2-3-4-17(20)19-14-7-11-16(12-8-14)21-15-9-5-13(18)6-10-15/h5-12H,2-4H2,1H3,(H,19,20). The van der Waals surface area contributed by atoms with Gasteiger partial charge in [0.2, 0.25) is 5.91 Å². The largest absolute Gasteiger partial charge is 0.457 e. The van der Waals surface area contributed by atoms with Crippen LogP contribution in [-0.2, 0) is 4.79 Å². The Balaban J connectivity index is 1.92. The average molecular weight is 304 g/mol. The highest BCUT2D eigenvalue weighted by atomic mass is 35.5. The van der Waals surface area contributed by atoms with Crippen molar-refractivity contribution < 1.29 is 9.53 Å². The number of carbonyl (C=O) groups excluding carboxylic acids is 1. The molecule has 0 spiro atoms. The molecule has 0 radical (unpaired) electrons. The van der Waals surface area contributed by atoms with Crippen LogP contribution in [-0.4, -0.2) is 5.91 Å². The number of halogens is 1. The molecule has 21 heavy (non-hydrogen) atoms. The lowest BCUT2D eigenvalue weighted by atomic mass is 10.2. The molecule has 0 bridgehead atoms. The molecule has 110 valence electrons. The average Bonchev–Trinajstić information content (AvgIpc) is 2.49. The topological polar surface area (TPSA) is 38.3 Å². The predicted molar refractivity (Wildman–Crippen MR) is 86.1 cm³/mol. The first-order valence-electron chi connectivity index (χ1n) is 7.00. The third kappa shape index (κ3) is 5.12. The highest BCUT2D eigenvalue weighted by Gasteiger charge is 2.02. The molecular weight excluding hydrogens is 286 g/mol. The zero-order valence-corrected chi connectivity index (χ0v) is 12.7. The van der Waals surface area contributed by atoms with E-state index in [0.29, 0.717) is 17.2 Å². The van der Waals surface area contributed by atoms with Gasteiger partial charge in [0, 0.05) is 17.1 Å². The van der Waals surface area contributed by atoms with Crippen LogP contribution < -0.4 is 10.1 Å². The fourth-order valence-corrected chi connectivity index (χ4v) is 1.93. The molecule has 2 aromatic rings. The molecule has 4 heteroatoms. The minimum Gasteiger partial charge on any atom is -0.457 e. The van der Waals surface area contributed by atoms with Crippen molar-refractivity contribution in [3.8, 4) is 11.5 Å². The molecule has 0 unspecified atom stereocenters. The van der Waals surface area contributed by atoms with Gasteiger partial charge in [0.15, 0.2) is 0 Å². The minimum absolute atomic E-state index is 0.0446. The summed E-state index contributed by atoms with van der Waals surface area (Å²) < 4.78 is 5.69. The van der Waals surface area contributed by atoms with E-state index in [1.54, 1.807) is 12.1 Å². The Labute approximate surface area is 129 Å². The van der Waals surface area contributed by atoms with Crippen molar-refractivity contribution in [2.45, 2.75) is 26.2 Å². The summed E-state index contributed by atoms with van der Waals surface area (Å²) in [6.45, 7) is 2.07. The van der Waals surface area contributed by atoms with Gasteiger partial charge < -0.3 is 10.1 Å². The van der Waals surface area contributed by atoms with Crippen molar-refractivity contribution in [3.05, 3.63) is 53.6 Å². The quantitative estimate of drug-likeness (QED) is 0.790. The third-order valence-electron chi connectivity index (χ3n) is 2.94. The van der Waals surface area contributed by atoms with Gasteiger partial charge in [-0.3, -0.25) is 4.79 Å². The molecule has 2 aromatic carbocycles. The molecule has 0 aliphatic rings. The highest BCUT2D eigenvalue weighted by Crippen LogP contribution is 2.24. The van der Waals surface area contributed by atoms with Crippen LogP contribution in [0.1, 0.15) is 26.2 Å². The van der Waals surface area contributed by atoms with E-state index in [0.717, 1.165) is 24.3 Å². The summed E-state index contributed by atoms with van der Waals surface area (Å²) in [6, 6.07) is 14.5. The number of anilines is 1. The van der Waals surface area contributed by atoms with E-state index in [1.807, 2.05) is 36.4 Å². The maximum atomic E-state index is 11.6. The van der Waals surface area contributed by atoms with Crippen molar-refractivity contribution in [1.82, 2.24) is 0 Å². The van der Waals surface area contributed by atoms with E-state index < -0.39 is 0 Å². The molecule has 2 rings (SSSR count). The molecule has 0 fully saturated rings. The van der Waals surface area contributed by atoms with Crippen LogP contribution in [0.2, 0.25) is 5.02 Å². The molecule has 0 heterocycles. The Morgan fingerprint density at radius 1 is 1.05 bits per heavy atom. The van der Waals surface area contributed by atoms with Crippen molar-refractivity contribution in [3.63, 3.8) is 0 Å². The number of hydrogen-bond donors (Lipinski definition) is 1. The molecule has 0 saturated heterocycles. The van der Waals surface area contributed by atoms with Crippen LogP contribution in [0.4, 0.5) is 5.69 Å². The summed E-state index contributed by atoms with van der Waals surface area (Å²) in [7, 11) is 0. The van der Waals surface area contributed by atoms with Crippen molar-refractivity contribution >= 4 is 23.2 Å². The van der Waals surface area contributed by atoms with E-state index in [2.05, 4.69) is 12.2 Å². The molecule has 0 atom stereocenters. The first-order chi connectivity index (χ1) is 10.2. The second-order valence-corrected chi connectivity index (χ2v) is 5.17. The number of ether oxygens (including phenoxy) is 1. The number of carbonyl (C=O) groups is 1. The molecule has 0 aromatic heterocycles. The van der Waals surface area contributed by atoms with Crippen LogP contribution in [0.5, 0.6) is 11.5 Å². The van der Waals surface area contributed by atoms with Gasteiger partial charge in [-0.05, 0) is 55.0 Å². The second kappa shape index (κ2) is 7.70. The number of hydrogen-bond acceptors (Lipinski definition) is 2. The van der Waals surface area contributed by atoms with Crippen LogP contribution in [0.3, 0.4) is 0 Å². The summed E-state index contributed by atoms with van der Waals surface area (Å²) >= 11 is 5.82. The number of amides is 1. The lowest BCUT2D eigenvalue weighted by molar-refractivity contribution is -0.116.